The summed E-state index contributed by atoms with van der Waals surface area (Å²) in [5.74, 6) is -0.975. The second kappa shape index (κ2) is 39.4. The van der Waals surface area contributed by atoms with Crippen LogP contribution in [0.2, 0.25) is 0 Å². The molecule has 0 spiro atoms. The minimum absolute atomic E-state index is 0.153. The number of carbonyl (C=O) groups is 2. The van der Waals surface area contributed by atoms with Gasteiger partial charge in [-0.15, -0.1) is 0 Å². The van der Waals surface area contributed by atoms with Gasteiger partial charge in [-0.1, -0.05) is 144 Å². The van der Waals surface area contributed by atoms with E-state index in [1.165, 1.54) is 0 Å². The zero-order chi connectivity index (χ0) is 40.5. The molecule has 55 heavy (non-hydrogen) atoms. The predicted octanol–water partition coefficient (Wildman–Crippen LogP) is 10.7. The number of unbranched alkanes of at least 4 members (excludes halogenated alkanes) is 11. The molecule has 0 aliphatic heterocycles. The number of rotatable bonds is 37. The van der Waals surface area contributed by atoms with Gasteiger partial charge in [-0.3, -0.25) is 18.6 Å². The van der Waals surface area contributed by atoms with Crippen LogP contribution in [0.3, 0.4) is 0 Å². The van der Waals surface area contributed by atoms with E-state index in [1.54, 1.807) is 0 Å². The lowest BCUT2D eigenvalue weighted by Crippen LogP contribution is -2.29. The second-order valence-corrected chi connectivity index (χ2v) is 14.8. The molecular weight excluding hydrogens is 719 g/mol. The number of ether oxygens (including phenoxy) is 2. The van der Waals surface area contributed by atoms with E-state index in [0.717, 1.165) is 103 Å². The zero-order valence-electron chi connectivity index (χ0n) is 33.9. The van der Waals surface area contributed by atoms with Crippen molar-refractivity contribution in [2.75, 3.05) is 26.4 Å². The third-order valence-corrected chi connectivity index (χ3v) is 9.06. The topological polar surface area (TPSA) is 149 Å². The summed E-state index contributed by atoms with van der Waals surface area (Å²) in [7, 11) is -4.63. The maximum Gasteiger partial charge on any atom is 0.472 e. The summed E-state index contributed by atoms with van der Waals surface area (Å²) >= 11 is 0. The van der Waals surface area contributed by atoms with Crippen molar-refractivity contribution in [2.24, 2.45) is 0 Å². The van der Waals surface area contributed by atoms with Crippen molar-refractivity contribution in [2.45, 2.75) is 154 Å². The molecule has 0 bridgehead atoms. The molecule has 0 fully saturated rings. The van der Waals surface area contributed by atoms with Crippen LogP contribution in [0.4, 0.5) is 0 Å². The van der Waals surface area contributed by atoms with Gasteiger partial charge in [0.2, 0.25) is 0 Å². The fraction of sp³-hybridized carbons (Fsp3) is 0.636. The normalized spacial score (nSPS) is 14.8. The van der Waals surface area contributed by atoms with Crippen LogP contribution in [-0.2, 0) is 32.7 Å². The lowest BCUT2D eigenvalue weighted by molar-refractivity contribution is -0.161. The summed E-state index contributed by atoms with van der Waals surface area (Å²) in [6.45, 7) is 2.06. The van der Waals surface area contributed by atoms with Crippen molar-refractivity contribution >= 4 is 19.8 Å². The predicted molar refractivity (Wildman–Crippen MR) is 223 cm³/mol. The number of phosphoric ester groups is 1. The lowest BCUT2D eigenvalue weighted by Gasteiger charge is -2.20. The van der Waals surface area contributed by atoms with Gasteiger partial charge in [0.05, 0.1) is 19.8 Å². The fourth-order valence-corrected chi connectivity index (χ4v) is 5.77. The molecule has 10 nitrogen and oxygen atoms in total. The molecule has 0 radical (unpaired) electrons. The third kappa shape index (κ3) is 39.2. The number of aliphatic hydroxyl groups is 2. The molecule has 3 atom stereocenters. The average Bonchev–Trinajstić information content (AvgIpc) is 3.17. The molecule has 0 aromatic heterocycles. The Kier molecular flexibility index (Phi) is 37.3. The maximum absolute atomic E-state index is 12.6. The van der Waals surface area contributed by atoms with Gasteiger partial charge in [0, 0.05) is 12.8 Å². The largest absolute Gasteiger partial charge is 0.472 e. The number of allylic oxidation sites excluding steroid dienone is 14. The van der Waals surface area contributed by atoms with Crippen LogP contribution in [-0.4, -0.2) is 65.7 Å². The van der Waals surface area contributed by atoms with E-state index in [-0.39, 0.29) is 19.4 Å². The second-order valence-electron chi connectivity index (χ2n) is 13.3. The molecule has 0 aromatic carbocycles. The Morgan fingerprint density at radius 1 is 0.564 bits per heavy atom. The molecular formula is C44H73O10P. The van der Waals surface area contributed by atoms with E-state index < -0.39 is 51.8 Å². The Morgan fingerprint density at radius 3 is 1.62 bits per heavy atom. The number of hydrogen-bond acceptors (Lipinski definition) is 9. The minimum Gasteiger partial charge on any atom is -0.462 e. The molecule has 0 saturated carbocycles. The van der Waals surface area contributed by atoms with Gasteiger partial charge in [0.15, 0.2) is 6.10 Å². The van der Waals surface area contributed by atoms with Crippen molar-refractivity contribution in [3.05, 3.63) is 85.1 Å². The summed E-state index contributed by atoms with van der Waals surface area (Å²) in [5.41, 5.74) is 0. The van der Waals surface area contributed by atoms with Crippen LogP contribution in [0.5, 0.6) is 0 Å². The maximum atomic E-state index is 12.6. The van der Waals surface area contributed by atoms with Crippen molar-refractivity contribution in [1.82, 2.24) is 0 Å². The first-order valence-corrected chi connectivity index (χ1v) is 22.1. The van der Waals surface area contributed by atoms with Crippen molar-refractivity contribution in [1.29, 1.82) is 0 Å². The van der Waals surface area contributed by atoms with Crippen LogP contribution >= 0.6 is 7.82 Å². The highest BCUT2D eigenvalue weighted by Gasteiger charge is 2.27. The lowest BCUT2D eigenvalue weighted by atomic mass is 10.1. The molecule has 0 saturated heterocycles. The zero-order valence-corrected chi connectivity index (χ0v) is 34.7. The van der Waals surface area contributed by atoms with E-state index >= 15 is 0 Å². The van der Waals surface area contributed by atoms with E-state index in [0.29, 0.717) is 12.8 Å². The molecule has 0 aromatic rings. The molecule has 2 unspecified atom stereocenters. The van der Waals surface area contributed by atoms with E-state index in [1.807, 2.05) is 24.3 Å². The Balaban J connectivity index is 4.36. The molecule has 0 amide bonds. The van der Waals surface area contributed by atoms with Crippen LogP contribution < -0.4 is 0 Å². The molecule has 0 heterocycles. The van der Waals surface area contributed by atoms with Gasteiger partial charge >= 0.3 is 19.8 Å². The quantitative estimate of drug-likeness (QED) is 0.0182. The average molecular weight is 793 g/mol. The van der Waals surface area contributed by atoms with Crippen LogP contribution in [0, 0.1) is 0 Å². The van der Waals surface area contributed by atoms with Crippen molar-refractivity contribution in [3.8, 4) is 0 Å². The smallest absolute Gasteiger partial charge is 0.462 e. The van der Waals surface area contributed by atoms with E-state index in [9.17, 15) is 24.2 Å². The Hall–Kier alpha value is -2.85. The van der Waals surface area contributed by atoms with E-state index in [4.69, 9.17) is 19.1 Å². The summed E-state index contributed by atoms with van der Waals surface area (Å²) < 4.78 is 32.6. The van der Waals surface area contributed by atoms with Gasteiger partial charge < -0.3 is 24.6 Å². The van der Waals surface area contributed by atoms with Gasteiger partial charge in [0.25, 0.3) is 0 Å². The van der Waals surface area contributed by atoms with Crippen LogP contribution in [0.25, 0.3) is 0 Å². The van der Waals surface area contributed by atoms with Crippen molar-refractivity contribution in [3.63, 3.8) is 0 Å². The van der Waals surface area contributed by atoms with E-state index in [2.05, 4.69) is 79.1 Å². The highest BCUT2D eigenvalue weighted by Crippen LogP contribution is 2.43. The number of phosphoric acid groups is 1. The summed E-state index contributed by atoms with van der Waals surface area (Å²) in [6, 6.07) is 0. The highest BCUT2D eigenvalue weighted by atomic mass is 31.2. The molecule has 314 valence electrons. The summed E-state index contributed by atoms with van der Waals surface area (Å²) in [5, 5.41) is 18.3. The van der Waals surface area contributed by atoms with Gasteiger partial charge in [-0.05, 0) is 70.6 Å². The van der Waals surface area contributed by atoms with Gasteiger partial charge in [-0.25, -0.2) is 4.57 Å². The monoisotopic (exact) mass is 792 g/mol. The first-order chi connectivity index (χ1) is 26.7. The summed E-state index contributed by atoms with van der Waals surface area (Å²) in [6.07, 6.45) is 45.5. The Labute approximate surface area is 332 Å². The SMILES string of the molecule is CC/C=C/C=C/C=C/CCCCCCCC(=O)OC(COC(=O)CCCCCCCC/C=C/C/C=C/C/C=C/C/C=C/CC)COP(=O)(O)OC[C@H](O)CO. The standard InChI is InChI=1S/C44H73O10P/c1-3-5-7-9-11-13-15-17-18-19-20-21-22-24-25-27-29-31-33-35-43(47)51-39-42(40-53-55(49,50)52-38-41(46)37-45)54-44(48)36-34-32-30-28-26-23-16-14-12-10-8-6-4-2/h5-8,10-14,16-18,20-21,41-42,45-46H,3-4,9,15,19,22-40H2,1-2H3,(H,49,50)/b7-5+,8-6+,12-10+,13-11+,16-14+,18-17+,21-20+/t41-,42?/m1/s1. The summed E-state index contributed by atoms with van der Waals surface area (Å²) in [4.78, 5) is 34.9. The first kappa shape index (κ1) is 52.2. The van der Waals surface area contributed by atoms with Crippen molar-refractivity contribution < 1.29 is 47.8 Å². The molecule has 11 heteroatoms. The Morgan fingerprint density at radius 2 is 1.04 bits per heavy atom. The third-order valence-electron chi connectivity index (χ3n) is 8.11. The molecule has 0 aliphatic carbocycles. The highest BCUT2D eigenvalue weighted by molar-refractivity contribution is 7.47. The molecule has 0 aliphatic rings. The molecule has 0 rings (SSSR count). The minimum atomic E-state index is -4.63. The Bertz CT molecular complexity index is 1190. The number of esters is 2. The van der Waals surface area contributed by atoms with Gasteiger partial charge in [0.1, 0.15) is 12.7 Å². The van der Waals surface area contributed by atoms with Crippen LogP contribution in [0.1, 0.15) is 142 Å². The number of aliphatic hydroxyl groups excluding tert-OH is 2. The first-order valence-electron chi connectivity index (χ1n) is 20.6. The fourth-order valence-electron chi connectivity index (χ4n) is 4.98. The van der Waals surface area contributed by atoms with Gasteiger partial charge in [-0.2, -0.15) is 0 Å². The number of carbonyl (C=O) groups excluding carboxylic acids is 2. The number of hydrogen-bond donors (Lipinski definition) is 3. The van der Waals surface area contributed by atoms with Crippen LogP contribution in [0.15, 0.2) is 85.1 Å². The molecule has 3 N–H and O–H groups in total.